The number of benzene rings is 3. The van der Waals surface area contributed by atoms with Crippen molar-refractivity contribution in [3.05, 3.63) is 89.8 Å². The molecule has 1 saturated heterocycles. The van der Waals surface area contributed by atoms with Gasteiger partial charge in [-0.3, -0.25) is 15.0 Å². The van der Waals surface area contributed by atoms with Crippen LogP contribution in [0.15, 0.2) is 78.4 Å². The van der Waals surface area contributed by atoms with Gasteiger partial charge in [0.25, 0.3) is 11.8 Å². The van der Waals surface area contributed by atoms with Crippen LogP contribution in [0.2, 0.25) is 0 Å². The molecule has 4 rings (SSSR count). The first-order chi connectivity index (χ1) is 14.6. The lowest BCUT2D eigenvalue weighted by Gasteiger charge is -2.14. The molecule has 150 valence electrons. The summed E-state index contributed by atoms with van der Waals surface area (Å²) in [5.41, 5.74) is 3.28. The molecule has 0 saturated carbocycles. The molecule has 0 atom stereocenters. The van der Waals surface area contributed by atoms with E-state index in [4.69, 9.17) is 9.47 Å². The molecule has 0 radical (unpaired) electrons. The average Bonchev–Trinajstić information content (AvgIpc) is 3.05. The van der Waals surface area contributed by atoms with Gasteiger partial charge in [-0.15, -0.1) is 0 Å². The topological polar surface area (TPSA) is 67.9 Å². The van der Waals surface area contributed by atoms with E-state index in [1.807, 2.05) is 6.07 Å². The molecule has 2 amide bonds. The summed E-state index contributed by atoms with van der Waals surface area (Å²) in [4.78, 5) is 25.2. The Bertz CT molecular complexity index is 1130. The van der Waals surface area contributed by atoms with Crippen LogP contribution in [0.25, 0.3) is 6.08 Å². The third-order valence-corrected chi connectivity index (χ3v) is 4.46. The Morgan fingerprint density at radius 3 is 2.27 bits per heavy atom. The molecule has 1 aliphatic heterocycles. The van der Waals surface area contributed by atoms with Gasteiger partial charge in [-0.1, -0.05) is 36.4 Å². The van der Waals surface area contributed by atoms with Crippen molar-refractivity contribution in [3.8, 4) is 17.2 Å². The molecule has 6 nitrogen and oxygen atoms in total. The molecule has 0 aromatic heterocycles. The van der Waals surface area contributed by atoms with Crippen molar-refractivity contribution in [2.45, 2.75) is 0 Å². The Hall–Kier alpha value is -4.13. The Morgan fingerprint density at radius 1 is 0.933 bits per heavy atom. The van der Waals surface area contributed by atoms with E-state index in [-0.39, 0.29) is 17.1 Å². The van der Waals surface area contributed by atoms with Crippen molar-refractivity contribution in [1.29, 1.82) is 0 Å². The van der Waals surface area contributed by atoms with Gasteiger partial charge >= 0.3 is 0 Å². The number of nitrogens with zero attached hydrogens (tertiary/aromatic N) is 1. The minimum absolute atomic E-state index is 0.0559. The van der Waals surface area contributed by atoms with Crippen molar-refractivity contribution < 1.29 is 23.5 Å². The third kappa shape index (κ3) is 3.73. The number of carbonyl (C=O) groups excluding carboxylic acids is 2. The summed E-state index contributed by atoms with van der Waals surface area (Å²) in [5, 5.41) is 1.16. The fourth-order valence-electron chi connectivity index (χ4n) is 3.01. The molecular formula is C23H17FN2O4. The van der Waals surface area contributed by atoms with Crippen molar-refractivity contribution in [1.82, 2.24) is 5.43 Å². The van der Waals surface area contributed by atoms with Gasteiger partial charge in [0, 0.05) is 11.6 Å². The standard InChI is InChI=1S/C23H17FN2O4/c1-29-20-14-19(24)21(30-17-10-6-3-7-11-17)13-15(20)12-18-22(27)25-26(23(18)28)16-8-4-2-5-9-16/h2-14H,1H3,(H,25,27)/b18-12-. The normalized spacial score (nSPS) is 14.7. The largest absolute Gasteiger partial charge is 0.496 e. The highest BCUT2D eigenvalue weighted by Gasteiger charge is 2.34. The predicted molar refractivity (Wildman–Crippen MR) is 110 cm³/mol. The number of ether oxygens (including phenoxy) is 2. The van der Waals surface area contributed by atoms with E-state index in [0.29, 0.717) is 17.0 Å². The second-order valence-corrected chi connectivity index (χ2v) is 6.41. The van der Waals surface area contributed by atoms with Gasteiger partial charge in [-0.05, 0) is 36.4 Å². The SMILES string of the molecule is COc1cc(F)c(Oc2ccccc2)cc1/C=C1/C(=O)NN(c2ccccc2)C1=O. The summed E-state index contributed by atoms with van der Waals surface area (Å²) in [5.74, 6) is -1.17. The summed E-state index contributed by atoms with van der Waals surface area (Å²) < 4.78 is 25.3. The van der Waals surface area contributed by atoms with Crippen LogP contribution in [-0.2, 0) is 9.59 Å². The number of hydrogen-bond acceptors (Lipinski definition) is 4. The first-order valence-electron chi connectivity index (χ1n) is 9.09. The number of methoxy groups -OCH3 is 1. The number of carbonyl (C=O) groups is 2. The molecule has 30 heavy (non-hydrogen) atoms. The van der Waals surface area contributed by atoms with Crippen LogP contribution >= 0.6 is 0 Å². The van der Waals surface area contributed by atoms with Crippen LogP contribution < -0.4 is 19.9 Å². The Kier molecular flexibility index (Phi) is 5.17. The number of rotatable bonds is 5. The van der Waals surface area contributed by atoms with Crippen LogP contribution in [0, 0.1) is 5.82 Å². The molecule has 1 heterocycles. The van der Waals surface area contributed by atoms with Crippen molar-refractivity contribution in [2.75, 3.05) is 12.1 Å². The summed E-state index contributed by atoms with van der Waals surface area (Å²) in [7, 11) is 1.38. The maximum Gasteiger partial charge on any atom is 0.282 e. The molecule has 1 aliphatic rings. The molecule has 1 fully saturated rings. The van der Waals surface area contributed by atoms with E-state index in [1.54, 1.807) is 54.6 Å². The summed E-state index contributed by atoms with van der Waals surface area (Å²) in [6.07, 6.45) is 1.36. The van der Waals surface area contributed by atoms with Crippen molar-refractivity contribution in [2.24, 2.45) is 0 Å². The van der Waals surface area contributed by atoms with Gasteiger partial charge in [0.2, 0.25) is 0 Å². The van der Waals surface area contributed by atoms with Crippen LogP contribution in [0.5, 0.6) is 17.2 Å². The molecule has 3 aromatic rings. The third-order valence-electron chi connectivity index (χ3n) is 4.46. The minimum Gasteiger partial charge on any atom is -0.496 e. The zero-order chi connectivity index (χ0) is 21.1. The number of anilines is 1. The van der Waals surface area contributed by atoms with Crippen LogP contribution in [0.1, 0.15) is 5.56 Å². The Balaban J connectivity index is 1.70. The zero-order valence-corrected chi connectivity index (χ0v) is 16.0. The number of hydrogen-bond donors (Lipinski definition) is 1. The van der Waals surface area contributed by atoms with E-state index >= 15 is 0 Å². The highest BCUT2D eigenvalue weighted by molar-refractivity contribution is 6.31. The number of para-hydroxylation sites is 2. The van der Waals surface area contributed by atoms with Gasteiger partial charge in [0.15, 0.2) is 11.6 Å². The predicted octanol–water partition coefficient (Wildman–Crippen LogP) is 4.09. The molecular weight excluding hydrogens is 387 g/mol. The fraction of sp³-hybridized carbons (Fsp3) is 0.0435. The number of halogens is 1. The van der Waals surface area contributed by atoms with Gasteiger partial charge < -0.3 is 9.47 Å². The first-order valence-corrected chi connectivity index (χ1v) is 9.09. The first kappa shape index (κ1) is 19.2. The summed E-state index contributed by atoms with van der Waals surface area (Å²) in [6.45, 7) is 0. The maximum absolute atomic E-state index is 14.5. The second-order valence-electron chi connectivity index (χ2n) is 6.41. The van der Waals surface area contributed by atoms with Crippen molar-refractivity contribution in [3.63, 3.8) is 0 Å². The summed E-state index contributed by atoms with van der Waals surface area (Å²) in [6, 6.07) is 20.0. The molecule has 3 aromatic carbocycles. The van der Waals surface area contributed by atoms with E-state index in [2.05, 4.69) is 5.43 Å². The minimum atomic E-state index is -0.633. The maximum atomic E-state index is 14.5. The monoisotopic (exact) mass is 404 g/mol. The van der Waals surface area contributed by atoms with E-state index < -0.39 is 17.6 Å². The second kappa shape index (κ2) is 8.08. The fourth-order valence-corrected chi connectivity index (χ4v) is 3.01. The molecule has 0 unspecified atom stereocenters. The molecule has 0 aliphatic carbocycles. The van der Waals surface area contributed by atoms with Crippen LogP contribution in [0.4, 0.5) is 10.1 Å². The van der Waals surface area contributed by atoms with E-state index in [9.17, 15) is 14.0 Å². The molecule has 0 bridgehead atoms. The quantitative estimate of drug-likeness (QED) is 0.514. The highest BCUT2D eigenvalue weighted by atomic mass is 19.1. The average molecular weight is 404 g/mol. The Labute approximate surface area is 172 Å². The van der Waals surface area contributed by atoms with Gasteiger partial charge in [0.05, 0.1) is 12.8 Å². The molecule has 0 spiro atoms. The highest BCUT2D eigenvalue weighted by Crippen LogP contribution is 2.33. The lowest BCUT2D eigenvalue weighted by Crippen LogP contribution is -2.35. The Morgan fingerprint density at radius 2 is 1.60 bits per heavy atom. The molecule has 7 heteroatoms. The zero-order valence-electron chi connectivity index (χ0n) is 16.0. The van der Waals surface area contributed by atoms with Gasteiger partial charge in [-0.2, -0.15) is 0 Å². The molecule has 1 N–H and O–H groups in total. The number of amides is 2. The van der Waals surface area contributed by atoms with E-state index in [0.717, 1.165) is 11.1 Å². The van der Waals surface area contributed by atoms with Crippen LogP contribution in [0.3, 0.4) is 0 Å². The summed E-state index contributed by atoms with van der Waals surface area (Å²) >= 11 is 0. The van der Waals surface area contributed by atoms with Gasteiger partial charge in [0.1, 0.15) is 17.1 Å². The van der Waals surface area contributed by atoms with Crippen molar-refractivity contribution >= 4 is 23.6 Å². The lowest BCUT2D eigenvalue weighted by atomic mass is 10.1. The van der Waals surface area contributed by atoms with E-state index in [1.165, 1.54) is 19.3 Å². The smallest absolute Gasteiger partial charge is 0.282 e. The lowest BCUT2D eigenvalue weighted by molar-refractivity contribution is -0.117. The number of nitrogens with one attached hydrogen (secondary N) is 1. The van der Waals surface area contributed by atoms with Crippen LogP contribution in [-0.4, -0.2) is 18.9 Å². The van der Waals surface area contributed by atoms with Gasteiger partial charge in [-0.25, -0.2) is 9.40 Å². The number of hydrazine groups is 1.